The number of para-hydroxylation sites is 2. The summed E-state index contributed by atoms with van der Waals surface area (Å²) in [6, 6.07) is 80.2. The molecule has 65 heavy (non-hydrogen) atoms. The number of phenolic OH excluding ortho intramolecular Hbond substituents is 1. The second-order valence-electron chi connectivity index (χ2n) is 16.2. The van der Waals surface area contributed by atoms with Crippen LogP contribution in [0.25, 0.3) is 115 Å². The standard InChI is InChI=1S/C60H38N3O.Pt/c64-57-30-11-9-27-53(57)60-62-58-48-33-34-52(59(58)63(60)56-29-10-8-24-47(56)39-16-2-1-3-17-39)50-26-7-5-23-46(50)43-21-15-19-41(37-43)40-18-14-20-42(36-40)45-22-4-6-25-49(45)51-32-31-44(48)38-54(51)55-28-12-13-35-61-55;/h1-37,64H;/q-1;. The zero-order valence-electron chi connectivity index (χ0n) is 35.0. The summed E-state index contributed by atoms with van der Waals surface area (Å²) in [5.74, 6) is 0.781. The molecule has 5 heteroatoms. The van der Waals surface area contributed by atoms with Crippen LogP contribution < -0.4 is 0 Å². The Morgan fingerprint density at radius 3 is 1.69 bits per heavy atom. The summed E-state index contributed by atoms with van der Waals surface area (Å²) >= 11 is 0. The molecule has 1 N–H and O–H groups in total. The van der Waals surface area contributed by atoms with Gasteiger partial charge in [-0.1, -0.05) is 186 Å². The Bertz CT molecular complexity index is 3920. The van der Waals surface area contributed by atoms with E-state index in [2.05, 4.69) is 187 Å². The Kier molecular flexibility index (Phi) is 10.2. The topological polar surface area (TPSA) is 50.9 Å². The molecule has 4 nitrogen and oxygen atoms in total. The smallest absolute Gasteiger partial charge is 0.148 e. The zero-order chi connectivity index (χ0) is 42.6. The molecule has 0 spiro atoms. The summed E-state index contributed by atoms with van der Waals surface area (Å²) in [6.45, 7) is 0. The first-order chi connectivity index (χ1) is 31.7. The van der Waals surface area contributed by atoms with Crippen molar-refractivity contribution >= 4 is 75.7 Å². The Morgan fingerprint density at radius 2 is 1.00 bits per heavy atom. The van der Waals surface area contributed by atoms with Crippen LogP contribution in [0.15, 0.2) is 225 Å². The summed E-state index contributed by atoms with van der Waals surface area (Å²) in [6.07, 6.45) is 1.84. The van der Waals surface area contributed by atoms with Crippen molar-refractivity contribution in [2.75, 3.05) is 0 Å². The minimum Gasteiger partial charge on any atom is -0.507 e. The van der Waals surface area contributed by atoms with E-state index >= 15 is 0 Å². The first-order valence-electron chi connectivity index (χ1n) is 21.5. The number of rotatable bonds is 4. The number of aromatic hydroxyl groups is 1. The normalized spacial score (nSPS) is 11.3. The number of benzene rings is 9. The van der Waals surface area contributed by atoms with Gasteiger partial charge in [-0.2, -0.15) is 0 Å². The maximum absolute atomic E-state index is 11.7. The average molecular weight is 1010 g/mol. The number of hydrogen-bond donors (Lipinski definition) is 1. The van der Waals surface area contributed by atoms with Gasteiger partial charge < -0.3 is 5.11 Å². The fourth-order valence-electron chi connectivity index (χ4n) is 9.48. The zero-order valence-corrected chi connectivity index (χ0v) is 37.2. The Hall–Kier alpha value is -7.91. The molecule has 0 aliphatic rings. The molecule has 2 aromatic heterocycles. The van der Waals surface area contributed by atoms with Gasteiger partial charge in [0.1, 0.15) is 11.6 Å². The van der Waals surface area contributed by atoms with E-state index in [1.54, 1.807) is 6.07 Å². The van der Waals surface area contributed by atoms with Crippen LogP contribution >= 0.6 is 0 Å². The summed E-state index contributed by atoms with van der Waals surface area (Å²) in [5.41, 5.74) is 7.12. The van der Waals surface area contributed by atoms with Crippen molar-refractivity contribution in [2.24, 2.45) is 0 Å². The fourth-order valence-corrected chi connectivity index (χ4v) is 9.48. The predicted octanol–water partition coefficient (Wildman–Crippen LogP) is 15.5. The molecular weight excluding hydrogens is 974 g/mol. The van der Waals surface area contributed by atoms with Gasteiger partial charge in [-0.05, 0) is 85.1 Å². The van der Waals surface area contributed by atoms with Crippen molar-refractivity contribution in [3.63, 3.8) is 0 Å². The van der Waals surface area contributed by atoms with E-state index in [0.717, 1.165) is 104 Å². The molecule has 310 valence electrons. The molecule has 0 unspecified atom stereocenters. The summed E-state index contributed by atoms with van der Waals surface area (Å²) in [4.78, 5) is 10.6. The van der Waals surface area contributed by atoms with E-state index in [-0.39, 0.29) is 26.8 Å². The third-order valence-corrected chi connectivity index (χ3v) is 12.5. The van der Waals surface area contributed by atoms with Crippen molar-refractivity contribution in [3.05, 3.63) is 231 Å². The quantitative estimate of drug-likeness (QED) is 0.179. The van der Waals surface area contributed by atoms with Gasteiger partial charge in [0, 0.05) is 43.9 Å². The van der Waals surface area contributed by atoms with Crippen LogP contribution in [0.2, 0.25) is 0 Å². The molecule has 0 saturated heterocycles. The Morgan fingerprint density at radius 1 is 0.431 bits per heavy atom. The van der Waals surface area contributed by atoms with Crippen LogP contribution in [0.1, 0.15) is 0 Å². The van der Waals surface area contributed by atoms with E-state index in [0.29, 0.717) is 11.4 Å². The minimum atomic E-state index is 0. The molecule has 0 radical (unpaired) electrons. The van der Waals surface area contributed by atoms with Crippen LogP contribution in [-0.4, -0.2) is 19.6 Å². The number of imidazole rings is 1. The first-order valence-corrected chi connectivity index (χ1v) is 21.5. The molecule has 15 aromatic rings. The molecule has 0 saturated carbocycles. The monoisotopic (exact) mass is 1010 g/mol. The molecule has 15 rings (SSSR count). The van der Waals surface area contributed by atoms with Crippen LogP contribution in [0.4, 0.5) is 0 Å². The SMILES string of the molecule is Oc1ccccc1-c1nc2c3ccc(c4ccccc4c4cccc(c4)c4cccc(c4)c4ccccc4c4ccc3[c-]c4-c3ccccn3)c2n1-c1ccccc1-c1ccccc1.[Pt]. The van der Waals surface area contributed by atoms with Crippen molar-refractivity contribution in [2.45, 2.75) is 0 Å². The van der Waals surface area contributed by atoms with Crippen molar-refractivity contribution in [3.8, 4) is 45.2 Å². The van der Waals surface area contributed by atoms with Crippen LogP contribution in [0.5, 0.6) is 5.75 Å². The van der Waals surface area contributed by atoms with E-state index in [9.17, 15) is 5.11 Å². The minimum absolute atomic E-state index is 0. The van der Waals surface area contributed by atoms with Gasteiger partial charge in [0.05, 0.1) is 22.3 Å². The van der Waals surface area contributed by atoms with E-state index < -0.39 is 0 Å². The van der Waals surface area contributed by atoms with E-state index in [1.165, 1.54) is 0 Å². The maximum Gasteiger partial charge on any atom is 0.148 e. The molecule has 0 aliphatic heterocycles. The molecule has 0 atom stereocenters. The fraction of sp³-hybridized carbons (Fsp3) is 0. The van der Waals surface area contributed by atoms with E-state index in [1.807, 2.05) is 42.6 Å². The number of phenols is 1. The van der Waals surface area contributed by atoms with Gasteiger partial charge in [-0.3, -0.25) is 9.55 Å². The van der Waals surface area contributed by atoms with Gasteiger partial charge in [0.2, 0.25) is 0 Å². The van der Waals surface area contributed by atoms with Crippen LogP contribution in [0, 0.1) is 6.07 Å². The predicted molar refractivity (Wildman–Crippen MR) is 267 cm³/mol. The Labute approximate surface area is 390 Å². The molecule has 8 bridgehead atoms. The van der Waals surface area contributed by atoms with E-state index in [4.69, 9.17) is 9.97 Å². The summed E-state index contributed by atoms with van der Waals surface area (Å²) < 4.78 is 2.26. The van der Waals surface area contributed by atoms with Crippen molar-refractivity contribution < 1.29 is 26.2 Å². The summed E-state index contributed by atoms with van der Waals surface area (Å²) in [5, 5.41) is 24.4. The molecule has 13 aromatic carbocycles. The van der Waals surface area contributed by atoms with Gasteiger partial charge in [-0.15, -0.1) is 23.6 Å². The Balaban J connectivity index is 0.00000469. The van der Waals surface area contributed by atoms with Crippen LogP contribution in [-0.2, 0) is 21.1 Å². The third-order valence-electron chi connectivity index (χ3n) is 12.5. The second-order valence-corrected chi connectivity index (χ2v) is 16.2. The molecule has 0 aliphatic carbocycles. The molecule has 2 heterocycles. The van der Waals surface area contributed by atoms with Gasteiger partial charge in [0.15, 0.2) is 0 Å². The van der Waals surface area contributed by atoms with Crippen molar-refractivity contribution in [1.82, 2.24) is 14.5 Å². The largest absolute Gasteiger partial charge is 0.507 e. The molecule has 0 fully saturated rings. The van der Waals surface area contributed by atoms with Gasteiger partial charge in [0.25, 0.3) is 0 Å². The number of aromatic nitrogens is 3. The van der Waals surface area contributed by atoms with Crippen LogP contribution in [0.3, 0.4) is 0 Å². The molecule has 0 amide bonds. The van der Waals surface area contributed by atoms with Gasteiger partial charge >= 0.3 is 0 Å². The van der Waals surface area contributed by atoms with Gasteiger partial charge in [-0.25, -0.2) is 4.98 Å². The maximum atomic E-state index is 11.7. The average Bonchev–Trinajstić information content (AvgIpc) is 3.77. The molecular formula is C60H38N3OPt-. The number of hydrogen-bond acceptors (Lipinski definition) is 3. The number of pyridine rings is 1. The van der Waals surface area contributed by atoms with Crippen molar-refractivity contribution in [1.29, 1.82) is 0 Å². The second kappa shape index (κ2) is 16.7. The summed E-state index contributed by atoms with van der Waals surface area (Å²) in [7, 11) is 0. The third kappa shape index (κ3) is 6.91. The number of nitrogens with zero attached hydrogens (tertiary/aromatic N) is 3. The first kappa shape index (κ1) is 39.9.